The predicted octanol–water partition coefficient (Wildman–Crippen LogP) is 3.13. The van der Waals surface area contributed by atoms with Gasteiger partial charge in [-0.3, -0.25) is 0 Å². The minimum absolute atomic E-state index is 0.00972. The van der Waals surface area contributed by atoms with E-state index in [1.165, 1.54) is 23.5 Å². The molecule has 0 aliphatic rings. The summed E-state index contributed by atoms with van der Waals surface area (Å²) in [5, 5.41) is 2.54. The number of hydrogen-bond donors (Lipinski definition) is 1. The van der Waals surface area contributed by atoms with E-state index in [4.69, 9.17) is 5.73 Å². The molecule has 2 N–H and O–H groups in total. The maximum absolute atomic E-state index is 12.5. The molecule has 0 fully saturated rings. The second kappa shape index (κ2) is 4.67. The van der Waals surface area contributed by atoms with Crippen LogP contribution in [-0.2, 0) is 0 Å². The fourth-order valence-corrected chi connectivity index (χ4v) is 2.08. The van der Waals surface area contributed by atoms with Gasteiger partial charge in [-0.25, -0.2) is 13.8 Å². The van der Waals surface area contributed by atoms with Crippen LogP contribution in [0.15, 0.2) is 35.8 Å². The molecule has 1 aromatic carbocycles. The van der Waals surface area contributed by atoms with Crippen molar-refractivity contribution < 1.29 is 8.78 Å². The first-order chi connectivity index (χ1) is 7.68. The highest BCUT2D eigenvalue weighted by Gasteiger charge is 2.14. The quantitative estimate of drug-likeness (QED) is 0.895. The molecule has 1 aromatic heterocycles. The number of nitrogens with zero attached hydrogens (tertiary/aromatic N) is 1. The van der Waals surface area contributed by atoms with Gasteiger partial charge in [0.1, 0.15) is 5.01 Å². The van der Waals surface area contributed by atoms with Crippen molar-refractivity contribution in [2.75, 3.05) is 0 Å². The monoisotopic (exact) mass is 240 g/mol. The van der Waals surface area contributed by atoms with Gasteiger partial charge in [-0.2, -0.15) is 0 Å². The van der Waals surface area contributed by atoms with Crippen LogP contribution >= 0.6 is 11.3 Å². The summed E-state index contributed by atoms with van der Waals surface area (Å²) in [4.78, 5) is 4.07. The summed E-state index contributed by atoms with van der Waals surface area (Å²) in [5.41, 5.74) is 6.58. The molecule has 1 unspecified atom stereocenters. The van der Waals surface area contributed by atoms with Crippen molar-refractivity contribution in [3.63, 3.8) is 0 Å². The normalized spacial score (nSPS) is 13.0. The molecule has 0 aliphatic heterocycles. The van der Waals surface area contributed by atoms with Crippen molar-refractivity contribution in [2.24, 2.45) is 5.73 Å². The van der Waals surface area contributed by atoms with Crippen LogP contribution in [0.3, 0.4) is 0 Å². The Kier molecular flexibility index (Phi) is 3.26. The van der Waals surface area contributed by atoms with Crippen molar-refractivity contribution in [2.45, 2.75) is 12.5 Å². The maximum Gasteiger partial charge on any atom is 0.263 e. The Morgan fingerprint density at radius 2 is 2.00 bits per heavy atom. The Labute approximate surface area is 95.7 Å². The van der Waals surface area contributed by atoms with E-state index in [0.29, 0.717) is 5.56 Å². The Morgan fingerprint density at radius 1 is 1.25 bits per heavy atom. The molecule has 0 radical (unpaired) electrons. The first kappa shape index (κ1) is 11.2. The molecule has 1 atom stereocenters. The van der Waals surface area contributed by atoms with Crippen LogP contribution in [0.4, 0.5) is 8.78 Å². The Morgan fingerprint density at radius 3 is 2.62 bits per heavy atom. The second-order valence-electron chi connectivity index (χ2n) is 3.32. The van der Waals surface area contributed by atoms with Crippen LogP contribution in [0.1, 0.15) is 28.6 Å². The number of benzene rings is 1. The largest absolute Gasteiger partial charge is 0.318 e. The van der Waals surface area contributed by atoms with E-state index in [1.807, 2.05) is 5.38 Å². The van der Waals surface area contributed by atoms with Gasteiger partial charge in [0.05, 0.1) is 6.04 Å². The summed E-state index contributed by atoms with van der Waals surface area (Å²) in [6, 6.07) is 5.71. The highest BCUT2D eigenvalue weighted by Crippen LogP contribution is 2.25. The molecule has 0 bridgehead atoms. The molecule has 2 nitrogen and oxygen atoms in total. The van der Waals surface area contributed by atoms with E-state index in [-0.39, 0.29) is 5.56 Å². The van der Waals surface area contributed by atoms with Crippen LogP contribution in [0.25, 0.3) is 0 Å². The van der Waals surface area contributed by atoms with Crippen LogP contribution in [-0.4, -0.2) is 4.98 Å². The molecule has 5 heteroatoms. The molecule has 84 valence electrons. The molecule has 2 aromatic rings. The molecule has 2 rings (SSSR count). The van der Waals surface area contributed by atoms with Gasteiger partial charge < -0.3 is 5.73 Å². The molecule has 16 heavy (non-hydrogen) atoms. The van der Waals surface area contributed by atoms with Crippen LogP contribution in [0.5, 0.6) is 0 Å². The number of nitrogens with two attached hydrogens (primary N) is 1. The first-order valence-electron chi connectivity index (χ1n) is 4.71. The number of alkyl halides is 2. The van der Waals surface area contributed by atoms with Gasteiger partial charge in [0.25, 0.3) is 6.43 Å². The highest BCUT2D eigenvalue weighted by molar-refractivity contribution is 7.09. The number of aromatic nitrogens is 1. The zero-order chi connectivity index (χ0) is 11.5. The highest BCUT2D eigenvalue weighted by atomic mass is 32.1. The summed E-state index contributed by atoms with van der Waals surface area (Å²) >= 11 is 1.42. The third kappa shape index (κ3) is 2.25. The third-order valence-electron chi connectivity index (χ3n) is 2.24. The maximum atomic E-state index is 12.5. The summed E-state index contributed by atoms with van der Waals surface area (Å²) < 4.78 is 25.0. The van der Waals surface area contributed by atoms with Gasteiger partial charge in [0.2, 0.25) is 0 Å². The van der Waals surface area contributed by atoms with E-state index < -0.39 is 12.5 Å². The lowest BCUT2D eigenvalue weighted by Gasteiger charge is -2.10. The molecular weight excluding hydrogens is 230 g/mol. The minimum Gasteiger partial charge on any atom is -0.318 e. The van der Waals surface area contributed by atoms with Gasteiger partial charge in [-0.1, -0.05) is 18.2 Å². The van der Waals surface area contributed by atoms with Crippen LogP contribution in [0, 0.1) is 0 Å². The van der Waals surface area contributed by atoms with Gasteiger partial charge in [0.15, 0.2) is 0 Å². The van der Waals surface area contributed by atoms with E-state index in [9.17, 15) is 8.78 Å². The van der Waals surface area contributed by atoms with Gasteiger partial charge in [0, 0.05) is 17.1 Å². The van der Waals surface area contributed by atoms with E-state index in [1.54, 1.807) is 18.3 Å². The van der Waals surface area contributed by atoms with Crippen molar-refractivity contribution in [1.82, 2.24) is 4.98 Å². The molecular formula is C11H10F2N2S. The van der Waals surface area contributed by atoms with Gasteiger partial charge in [-0.05, 0) is 11.6 Å². The van der Waals surface area contributed by atoms with Crippen molar-refractivity contribution in [1.29, 1.82) is 0 Å². The molecule has 0 amide bonds. The molecule has 0 saturated heterocycles. The number of hydrogen-bond acceptors (Lipinski definition) is 3. The predicted molar refractivity (Wildman–Crippen MR) is 59.5 cm³/mol. The minimum atomic E-state index is -2.47. The lowest BCUT2D eigenvalue weighted by Crippen LogP contribution is -2.11. The SMILES string of the molecule is NC(c1cccc(C(F)F)c1)c1nccs1. The summed E-state index contributed by atoms with van der Waals surface area (Å²) in [6.45, 7) is 0. The summed E-state index contributed by atoms with van der Waals surface area (Å²) in [6.07, 6.45) is -0.819. The molecule has 0 spiro atoms. The lowest BCUT2D eigenvalue weighted by atomic mass is 10.1. The van der Waals surface area contributed by atoms with Gasteiger partial charge in [-0.15, -0.1) is 11.3 Å². The zero-order valence-corrected chi connectivity index (χ0v) is 9.12. The Hall–Kier alpha value is -1.33. The van der Waals surface area contributed by atoms with Crippen LogP contribution < -0.4 is 5.73 Å². The standard InChI is InChI=1S/C11H10F2N2S/c12-10(13)8-3-1-2-7(6-8)9(14)11-15-4-5-16-11/h1-6,9-10H,14H2. The molecule has 0 saturated carbocycles. The average molecular weight is 240 g/mol. The summed E-state index contributed by atoms with van der Waals surface area (Å²) in [7, 11) is 0. The van der Waals surface area contributed by atoms with E-state index in [0.717, 1.165) is 5.01 Å². The summed E-state index contributed by atoms with van der Waals surface area (Å²) in [5.74, 6) is 0. The molecule has 1 heterocycles. The van der Waals surface area contributed by atoms with Crippen molar-refractivity contribution in [3.05, 3.63) is 52.0 Å². The van der Waals surface area contributed by atoms with E-state index in [2.05, 4.69) is 4.98 Å². The number of rotatable bonds is 3. The Bertz CT molecular complexity index is 457. The first-order valence-corrected chi connectivity index (χ1v) is 5.59. The van der Waals surface area contributed by atoms with Crippen molar-refractivity contribution in [3.8, 4) is 0 Å². The lowest BCUT2D eigenvalue weighted by molar-refractivity contribution is 0.151. The van der Waals surface area contributed by atoms with E-state index >= 15 is 0 Å². The Balaban J connectivity index is 2.30. The fourth-order valence-electron chi connectivity index (χ4n) is 1.42. The zero-order valence-electron chi connectivity index (χ0n) is 8.31. The smallest absolute Gasteiger partial charge is 0.263 e. The van der Waals surface area contributed by atoms with Crippen molar-refractivity contribution >= 4 is 11.3 Å². The number of thiazole rings is 1. The number of halogens is 2. The topological polar surface area (TPSA) is 38.9 Å². The van der Waals surface area contributed by atoms with Gasteiger partial charge >= 0.3 is 0 Å². The second-order valence-corrected chi connectivity index (χ2v) is 4.24. The molecule has 0 aliphatic carbocycles. The van der Waals surface area contributed by atoms with Crippen LogP contribution in [0.2, 0.25) is 0 Å². The average Bonchev–Trinajstić information content (AvgIpc) is 2.81. The third-order valence-corrected chi connectivity index (χ3v) is 3.10. The fraction of sp³-hybridized carbons (Fsp3) is 0.182.